The summed E-state index contributed by atoms with van der Waals surface area (Å²) in [5, 5.41) is 19.8. The van der Waals surface area contributed by atoms with Gasteiger partial charge in [-0.1, -0.05) is 108 Å². The lowest BCUT2D eigenvalue weighted by Crippen LogP contribution is -2.58. The SMILES string of the molecule is CCC(C)[C@H](NC(=O)[C@H]1CCCCN1C)C(=O)N(C)[C@H](C[C@@H](O)c1nc(C(=O)N[C@H](CCC[C@H](C)C(=O)OC)Cc2ccc(-c3ccccc3)cc2)cs1)C(C)C. The highest BCUT2D eigenvalue weighted by Crippen LogP contribution is 2.29. The van der Waals surface area contributed by atoms with E-state index in [9.17, 15) is 24.3 Å². The number of carbonyl (C=O) groups is 4. The summed E-state index contributed by atoms with van der Waals surface area (Å²) in [7, 11) is 5.10. The molecule has 1 aliphatic heterocycles. The van der Waals surface area contributed by atoms with E-state index in [1.807, 2.05) is 59.9 Å². The average Bonchev–Trinajstić information content (AvgIpc) is 3.72. The molecule has 57 heavy (non-hydrogen) atoms. The van der Waals surface area contributed by atoms with Crippen molar-refractivity contribution >= 4 is 35.0 Å². The van der Waals surface area contributed by atoms with Gasteiger partial charge in [0.05, 0.1) is 19.1 Å². The number of aliphatic hydroxyl groups excluding tert-OH is 1. The monoisotopic (exact) mass is 803 g/mol. The number of amides is 3. The van der Waals surface area contributed by atoms with Crippen LogP contribution in [0.15, 0.2) is 60.0 Å². The molecule has 1 aliphatic rings. The molecular weight excluding hydrogens is 739 g/mol. The van der Waals surface area contributed by atoms with Crippen molar-refractivity contribution < 1.29 is 29.0 Å². The van der Waals surface area contributed by atoms with Crippen LogP contribution in [0.2, 0.25) is 0 Å². The molecule has 0 bridgehead atoms. The lowest BCUT2D eigenvalue weighted by molar-refractivity contribution is -0.145. The maximum absolute atomic E-state index is 14.1. The molecule has 3 N–H and O–H groups in total. The molecule has 0 saturated carbocycles. The third kappa shape index (κ3) is 12.9. The number of aliphatic hydroxyl groups is 1. The lowest BCUT2D eigenvalue weighted by Gasteiger charge is -2.38. The minimum Gasteiger partial charge on any atom is -0.469 e. The van der Waals surface area contributed by atoms with E-state index in [-0.39, 0.29) is 71.7 Å². The number of hydrogen-bond acceptors (Lipinski definition) is 9. The molecule has 12 heteroatoms. The Balaban J connectivity index is 1.43. The minimum atomic E-state index is -1.01. The van der Waals surface area contributed by atoms with Crippen molar-refractivity contribution in [3.05, 3.63) is 76.2 Å². The predicted molar refractivity (Wildman–Crippen MR) is 227 cm³/mol. The van der Waals surface area contributed by atoms with E-state index in [4.69, 9.17) is 4.74 Å². The Hall–Kier alpha value is -4.13. The first-order valence-electron chi connectivity index (χ1n) is 20.7. The molecule has 2 aromatic carbocycles. The predicted octanol–water partition coefficient (Wildman–Crippen LogP) is 7.05. The number of rotatable bonds is 20. The molecule has 0 spiro atoms. The van der Waals surface area contributed by atoms with Crippen molar-refractivity contribution in [1.82, 2.24) is 25.4 Å². The minimum absolute atomic E-state index is 0.00138. The van der Waals surface area contributed by atoms with Gasteiger partial charge in [-0.2, -0.15) is 0 Å². The van der Waals surface area contributed by atoms with Gasteiger partial charge in [0.1, 0.15) is 22.8 Å². The number of methoxy groups -OCH3 is 1. The Bertz CT molecular complexity index is 1730. The van der Waals surface area contributed by atoms with E-state index in [1.54, 1.807) is 17.3 Å². The summed E-state index contributed by atoms with van der Waals surface area (Å²) in [6.07, 6.45) is 5.35. The Morgan fingerprint density at radius 2 is 1.67 bits per heavy atom. The molecule has 4 rings (SSSR count). The normalized spacial score (nSPS) is 17.8. The Labute approximate surface area is 344 Å². The van der Waals surface area contributed by atoms with Gasteiger partial charge in [0.25, 0.3) is 5.91 Å². The van der Waals surface area contributed by atoms with Gasteiger partial charge in [-0.3, -0.25) is 24.1 Å². The number of thiazole rings is 1. The van der Waals surface area contributed by atoms with Crippen LogP contribution >= 0.6 is 11.3 Å². The fraction of sp³-hybridized carbons (Fsp3) is 0.578. The second-order valence-electron chi connectivity index (χ2n) is 16.2. The third-order valence-electron chi connectivity index (χ3n) is 11.6. The van der Waals surface area contributed by atoms with Crippen LogP contribution in [0.5, 0.6) is 0 Å². The molecule has 1 unspecified atom stereocenters. The zero-order valence-electron chi connectivity index (χ0n) is 35.2. The quantitative estimate of drug-likeness (QED) is 0.103. The summed E-state index contributed by atoms with van der Waals surface area (Å²) >= 11 is 1.22. The zero-order valence-corrected chi connectivity index (χ0v) is 36.0. The number of ether oxygens (including phenoxy) is 1. The van der Waals surface area contributed by atoms with Crippen LogP contribution in [0.3, 0.4) is 0 Å². The Morgan fingerprint density at radius 3 is 2.30 bits per heavy atom. The number of carbonyl (C=O) groups excluding carboxylic acids is 4. The number of nitrogens with one attached hydrogen (secondary N) is 2. The van der Waals surface area contributed by atoms with Gasteiger partial charge in [-0.15, -0.1) is 11.3 Å². The van der Waals surface area contributed by atoms with E-state index in [0.717, 1.165) is 48.9 Å². The molecular formula is C45H65N5O6S. The van der Waals surface area contributed by atoms with Gasteiger partial charge in [0, 0.05) is 30.9 Å². The molecule has 312 valence electrons. The topological polar surface area (TPSA) is 141 Å². The van der Waals surface area contributed by atoms with Gasteiger partial charge < -0.3 is 25.4 Å². The van der Waals surface area contributed by atoms with Crippen molar-refractivity contribution in [1.29, 1.82) is 0 Å². The first kappa shape index (κ1) is 45.6. The van der Waals surface area contributed by atoms with Crippen LogP contribution in [-0.4, -0.2) is 95.5 Å². The van der Waals surface area contributed by atoms with Crippen molar-refractivity contribution in [3.8, 4) is 11.1 Å². The largest absolute Gasteiger partial charge is 0.469 e. The number of likely N-dealkylation sites (N-methyl/N-ethyl adjacent to an activating group) is 2. The molecule has 3 aromatic rings. The summed E-state index contributed by atoms with van der Waals surface area (Å²) in [5.74, 6) is -1.20. The standard InChI is InChI=1S/C45H65N5O6S/c1-9-30(4)40(48-42(53)37-20-13-14-25-49(37)6)44(54)50(7)38(29(2)3)27-39(51)43-47-36(28-57-43)41(52)46-35(19-15-16-31(5)45(55)56-8)26-32-21-23-34(24-22-32)33-17-11-10-12-18-33/h10-12,17-18,21-24,28-31,35,37-40,51H,9,13-16,19-20,25-27H2,1-8H3,(H,46,52)(H,48,53)/t30?,31-,35+,37+,38+,39+,40-/m0/s1. The zero-order chi connectivity index (χ0) is 41.6. The first-order valence-corrected chi connectivity index (χ1v) is 21.6. The van der Waals surface area contributed by atoms with E-state index in [0.29, 0.717) is 30.7 Å². The van der Waals surface area contributed by atoms with E-state index < -0.39 is 12.1 Å². The number of likely N-dealkylation sites (tertiary alicyclic amines) is 1. The van der Waals surface area contributed by atoms with Gasteiger partial charge in [0.15, 0.2) is 0 Å². The summed E-state index contributed by atoms with van der Waals surface area (Å²) < 4.78 is 4.91. The average molecular weight is 804 g/mol. The number of aromatic nitrogens is 1. The van der Waals surface area contributed by atoms with Gasteiger partial charge in [-0.05, 0) is 74.2 Å². The highest BCUT2D eigenvalue weighted by Gasteiger charge is 2.36. The Morgan fingerprint density at radius 1 is 0.982 bits per heavy atom. The van der Waals surface area contributed by atoms with Gasteiger partial charge in [-0.25, -0.2) is 4.98 Å². The summed E-state index contributed by atoms with van der Waals surface area (Å²) in [5.41, 5.74) is 3.54. The summed E-state index contributed by atoms with van der Waals surface area (Å²) in [6.45, 7) is 10.7. The van der Waals surface area contributed by atoms with Crippen molar-refractivity contribution in [3.63, 3.8) is 0 Å². The van der Waals surface area contributed by atoms with Crippen LogP contribution in [0.25, 0.3) is 11.1 Å². The van der Waals surface area contributed by atoms with Crippen molar-refractivity contribution in [2.45, 2.75) is 123 Å². The lowest BCUT2D eigenvalue weighted by atomic mass is 9.92. The molecule has 7 atom stereocenters. The highest BCUT2D eigenvalue weighted by molar-refractivity contribution is 7.09. The number of benzene rings is 2. The molecule has 0 radical (unpaired) electrons. The van der Waals surface area contributed by atoms with E-state index in [2.05, 4.69) is 56.9 Å². The number of esters is 1. The number of hydrogen-bond donors (Lipinski definition) is 3. The van der Waals surface area contributed by atoms with Crippen LogP contribution in [-0.2, 0) is 25.5 Å². The van der Waals surface area contributed by atoms with Crippen molar-refractivity contribution in [2.75, 3.05) is 27.7 Å². The fourth-order valence-corrected chi connectivity index (χ4v) is 8.49. The molecule has 0 aliphatic carbocycles. The molecule has 2 heterocycles. The second-order valence-corrected chi connectivity index (χ2v) is 17.1. The fourth-order valence-electron chi connectivity index (χ4n) is 7.70. The van der Waals surface area contributed by atoms with Crippen molar-refractivity contribution in [2.24, 2.45) is 17.8 Å². The summed E-state index contributed by atoms with van der Waals surface area (Å²) in [6, 6.07) is 17.0. The molecule has 3 amide bonds. The van der Waals surface area contributed by atoms with Gasteiger partial charge >= 0.3 is 5.97 Å². The molecule has 11 nitrogen and oxygen atoms in total. The molecule has 1 saturated heterocycles. The Kier molecular flexibility index (Phi) is 17.7. The van der Waals surface area contributed by atoms with E-state index >= 15 is 0 Å². The second kappa shape index (κ2) is 22.1. The number of piperidine rings is 1. The van der Waals surface area contributed by atoms with Crippen LogP contribution < -0.4 is 10.6 Å². The van der Waals surface area contributed by atoms with Crippen LogP contribution in [0.4, 0.5) is 0 Å². The molecule has 1 aromatic heterocycles. The number of nitrogens with zero attached hydrogens (tertiary/aromatic N) is 3. The smallest absolute Gasteiger partial charge is 0.308 e. The van der Waals surface area contributed by atoms with E-state index in [1.165, 1.54) is 18.4 Å². The highest BCUT2D eigenvalue weighted by atomic mass is 32.1. The first-order chi connectivity index (χ1) is 27.2. The summed E-state index contributed by atoms with van der Waals surface area (Å²) in [4.78, 5) is 61.5. The third-order valence-corrected chi connectivity index (χ3v) is 12.6. The van der Waals surface area contributed by atoms with Gasteiger partial charge in [0.2, 0.25) is 11.8 Å². The maximum atomic E-state index is 14.1. The molecule has 1 fully saturated rings. The maximum Gasteiger partial charge on any atom is 0.308 e. The van der Waals surface area contributed by atoms with Crippen LogP contribution in [0.1, 0.15) is 113 Å². The van der Waals surface area contributed by atoms with Crippen LogP contribution in [0, 0.1) is 17.8 Å².